The van der Waals surface area contributed by atoms with Crippen molar-refractivity contribution in [1.29, 1.82) is 0 Å². The first-order chi connectivity index (χ1) is 8.70. The lowest BCUT2D eigenvalue weighted by molar-refractivity contribution is -0.401. The van der Waals surface area contributed by atoms with Crippen molar-refractivity contribution in [2.24, 2.45) is 5.92 Å². The molecule has 0 radical (unpaired) electrons. The van der Waals surface area contributed by atoms with Crippen molar-refractivity contribution in [3.05, 3.63) is 46.1 Å². The third kappa shape index (κ3) is 2.88. The number of hydrogen-bond donors (Lipinski definition) is 0. The second-order valence-corrected chi connectivity index (χ2v) is 4.58. The Morgan fingerprint density at radius 2 is 1.94 bits per heavy atom. The van der Waals surface area contributed by atoms with E-state index in [1.54, 1.807) is 7.11 Å². The van der Waals surface area contributed by atoms with E-state index in [2.05, 4.69) is 0 Å². The molecule has 0 spiro atoms. The smallest absolute Gasteiger partial charge is 0.238 e. The number of ether oxygens (including phenoxy) is 1. The zero-order valence-electron chi connectivity index (χ0n) is 10.5. The molecule has 0 unspecified atom stereocenters. The average molecular weight is 247 g/mol. The van der Waals surface area contributed by atoms with Crippen LogP contribution in [0.1, 0.15) is 31.2 Å². The number of methoxy groups -OCH3 is 1. The van der Waals surface area contributed by atoms with E-state index in [0.717, 1.165) is 48.8 Å². The van der Waals surface area contributed by atoms with Crippen molar-refractivity contribution >= 4 is 5.57 Å². The normalized spacial score (nSPS) is 16.8. The van der Waals surface area contributed by atoms with Crippen molar-refractivity contribution < 1.29 is 9.66 Å². The van der Waals surface area contributed by atoms with Crippen LogP contribution in [0.25, 0.3) is 5.57 Å². The van der Waals surface area contributed by atoms with Gasteiger partial charge >= 0.3 is 0 Å². The monoisotopic (exact) mass is 247 g/mol. The van der Waals surface area contributed by atoms with E-state index in [1.165, 1.54) is 0 Å². The summed E-state index contributed by atoms with van der Waals surface area (Å²) in [5.41, 5.74) is 1.78. The highest BCUT2D eigenvalue weighted by Crippen LogP contribution is 2.36. The van der Waals surface area contributed by atoms with E-state index in [-0.39, 0.29) is 4.92 Å². The van der Waals surface area contributed by atoms with E-state index in [0.29, 0.717) is 5.92 Å². The van der Waals surface area contributed by atoms with Crippen LogP contribution in [0.3, 0.4) is 0 Å². The average Bonchev–Trinajstić information content (AvgIpc) is 2.89. The van der Waals surface area contributed by atoms with E-state index in [1.807, 2.05) is 24.3 Å². The predicted octanol–water partition coefficient (Wildman–Crippen LogP) is 3.50. The largest absolute Gasteiger partial charge is 0.497 e. The van der Waals surface area contributed by atoms with Gasteiger partial charge in [-0.2, -0.15) is 0 Å². The number of allylic oxidation sites excluding steroid dienone is 1. The molecular weight excluding hydrogens is 230 g/mol. The third-order valence-electron chi connectivity index (χ3n) is 3.46. The summed E-state index contributed by atoms with van der Waals surface area (Å²) in [6.45, 7) is 0. The molecule has 0 heterocycles. The zero-order chi connectivity index (χ0) is 13.0. The van der Waals surface area contributed by atoms with Gasteiger partial charge in [-0.25, -0.2) is 0 Å². The molecule has 0 aromatic heterocycles. The third-order valence-corrected chi connectivity index (χ3v) is 3.46. The topological polar surface area (TPSA) is 52.4 Å². The fourth-order valence-electron chi connectivity index (χ4n) is 2.55. The van der Waals surface area contributed by atoms with Gasteiger partial charge in [0.2, 0.25) is 6.20 Å². The Bertz CT molecular complexity index is 445. The molecule has 1 fully saturated rings. The second-order valence-electron chi connectivity index (χ2n) is 4.58. The minimum Gasteiger partial charge on any atom is -0.497 e. The maximum atomic E-state index is 10.8. The highest BCUT2D eigenvalue weighted by atomic mass is 16.6. The molecule has 1 saturated carbocycles. The summed E-state index contributed by atoms with van der Waals surface area (Å²) in [6.07, 6.45) is 5.58. The van der Waals surface area contributed by atoms with Gasteiger partial charge in [0.1, 0.15) is 5.75 Å². The molecule has 1 aliphatic carbocycles. The molecule has 0 aliphatic heterocycles. The van der Waals surface area contributed by atoms with Crippen molar-refractivity contribution in [2.45, 2.75) is 25.7 Å². The van der Waals surface area contributed by atoms with Crippen LogP contribution in [-0.4, -0.2) is 12.0 Å². The van der Waals surface area contributed by atoms with Crippen LogP contribution in [0, 0.1) is 16.0 Å². The van der Waals surface area contributed by atoms with Crippen LogP contribution < -0.4 is 4.74 Å². The zero-order valence-corrected chi connectivity index (χ0v) is 10.5. The van der Waals surface area contributed by atoms with Crippen LogP contribution in [-0.2, 0) is 0 Å². The Balaban J connectivity index is 2.29. The van der Waals surface area contributed by atoms with Gasteiger partial charge in [0, 0.05) is 5.57 Å². The Labute approximate surface area is 106 Å². The summed E-state index contributed by atoms with van der Waals surface area (Å²) in [5, 5.41) is 10.8. The fraction of sp³-hybridized carbons (Fsp3) is 0.429. The van der Waals surface area contributed by atoms with Gasteiger partial charge in [-0.3, -0.25) is 10.1 Å². The number of hydrogen-bond acceptors (Lipinski definition) is 3. The molecule has 18 heavy (non-hydrogen) atoms. The van der Waals surface area contributed by atoms with E-state index in [9.17, 15) is 10.1 Å². The molecule has 0 bridgehead atoms. The molecule has 0 N–H and O–H groups in total. The maximum Gasteiger partial charge on any atom is 0.238 e. The van der Waals surface area contributed by atoms with E-state index >= 15 is 0 Å². The number of rotatable bonds is 4. The van der Waals surface area contributed by atoms with Gasteiger partial charge in [-0.05, 0) is 36.5 Å². The molecule has 0 amide bonds. The minimum absolute atomic E-state index is 0.323. The van der Waals surface area contributed by atoms with Gasteiger partial charge in [0.25, 0.3) is 0 Å². The van der Waals surface area contributed by atoms with Crippen LogP contribution in [0.2, 0.25) is 0 Å². The highest BCUT2D eigenvalue weighted by Gasteiger charge is 2.23. The minimum atomic E-state index is -0.349. The number of benzene rings is 1. The van der Waals surface area contributed by atoms with Crippen LogP contribution in [0.5, 0.6) is 5.75 Å². The first kappa shape index (κ1) is 12.6. The molecule has 0 saturated heterocycles. The molecule has 1 aliphatic rings. The summed E-state index contributed by atoms with van der Waals surface area (Å²) in [6, 6.07) is 7.48. The Morgan fingerprint density at radius 3 is 2.44 bits per heavy atom. The standard InChI is InChI=1S/C14H17NO3/c1-18-13-8-6-12(7-9-13)14(10-15(16)17)11-4-2-3-5-11/h6-11H,2-5H2,1H3/b14-10-. The maximum absolute atomic E-state index is 10.8. The molecule has 1 aromatic carbocycles. The van der Waals surface area contributed by atoms with Gasteiger partial charge in [0.15, 0.2) is 0 Å². The quantitative estimate of drug-likeness (QED) is 0.604. The lowest BCUT2D eigenvalue weighted by atomic mass is 9.92. The Kier molecular flexibility index (Phi) is 3.97. The van der Waals surface area contributed by atoms with Crippen LogP contribution in [0.15, 0.2) is 30.5 Å². The van der Waals surface area contributed by atoms with Gasteiger partial charge in [0.05, 0.1) is 12.0 Å². The van der Waals surface area contributed by atoms with E-state index < -0.39 is 0 Å². The van der Waals surface area contributed by atoms with Crippen molar-refractivity contribution in [3.63, 3.8) is 0 Å². The summed E-state index contributed by atoms with van der Waals surface area (Å²) in [7, 11) is 1.61. The molecule has 0 atom stereocenters. The second kappa shape index (κ2) is 5.67. The van der Waals surface area contributed by atoms with Gasteiger partial charge in [-0.1, -0.05) is 25.0 Å². The predicted molar refractivity (Wildman–Crippen MR) is 69.9 cm³/mol. The Hall–Kier alpha value is -1.84. The van der Waals surface area contributed by atoms with Crippen molar-refractivity contribution in [1.82, 2.24) is 0 Å². The molecular formula is C14H17NO3. The highest BCUT2D eigenvalue weighted by molar-refractivity contribution is 5.67. The first-order valence-electron chi connectivity index (χ1n) is 6.20. The first-order valence-corrected chi connectivity index (χ1v) is 6.20. The van der Waals surface area contributed by atoms with Crippen molar-refractivity contribution in [2.75, 3.05) is 7.11 Å². The lowest BCUT2D eigenvalue weighted by Gasteiger charge is -2.12. The molecule has 4 heteroatoms. The van der Waals surface area contributed by atoms with Crippen LogP contribution in [0.4, 0.5) is 0 Å². The molecule has 2 rings (SSSR count). The van der Waals surface area contributed by atoms with Gasteiger partial charge < -0.3 is 4.74 Å². The van der Waals surface area contributed by atoms with Gasteiger partial charge in [-0.15, -0.1) is 0 Å². The Morgan fingerprint density at radius 1 is 1.33 bits per heavy atom. The lowest BCUT2D eigenvalue weighted by Crippen LogP contribution is -2.01. The summed E-state index contributed by atoms with van der Waals surface area (Å²) in [5.74, 6) is 1.09. The summed E-state index contributed by atoms with van der Waals surface area (Å²) < 4.78 is 5.10. The van der Waals surface area contributed by atoms with Crippen LogP contribution >= 0.6 is 0 Å². The molecule has 1 aromatic rings. The summed E-state index contributed by atoms with van der Waals surface area (Å²) >= 11 is 0. The summed E-state index contributed by atoms with van der Waals surface area (Å²) in [4.78, 5) is 10.4. The molecule has 96 valence electrons. The SMILES string of the molecule is COc1ccc(/C(=C\[N+](=O)[O-])C2CCCC2)cc1. The number of nitrogens with zero attached hydrogens (tertiary/aromatic N) is 1. The fourth-order valence-corrected chi connectivity index (χ4v) is 2.55. The van der Waals surface area contributed by atoms with E-state index in [4.69, 9.17) is 4.74 Å². The molecule has 4 nitrogen and oxygen atoms in total. The van der Waals surface area contributed by atoms with Crippen molar-refractivity contribution in [3.8, 4) is 5.75 Å². The number of nitro groups is 1.